The molecule has 2 atom stereocenters. The number of aromatic nitrogens is 4. The molecule has 9 heteroatoms. The second-order valence-corrected chi connectivity index (χ2v) is 12.0. The van der Waals surface area contributed by atoms with Gasteiger partial charge in [-0.15, -0.1) is 0 Å². The fraction of sp³-hybridized carbons (Fsp3) is 0.387. The Balaban J connectivity index is 1.31. The topological polar surface area (TPSA) is 77.1 Å². The zero-order valence-corrected chi connectivity index (χ0v) is 22.9. The first-order valence-corrected chi connectivity index (χ1v) is 14.2. The van der Waals surface area contributed by atoms with E-state index in [1.165, 1.54) is 0 Å². The predicted molar refractivity (Wildman–Crippen MR) is 149 cm³/mol. The molecule has 1 aliphatic carbocycles. The molecule has 1 saturated carbocycles. The highest BCUT2D eigenvalue weighted by molar-refractivity contribution is 6.10. The van der Waals surface area contributed by atoms with Crippen molar-refractivity contribution >= 4 is 11.6 Å². The number of piperidine rings is 1. The van der Waals surface area contributed by atoms with Crippen molar-refractivity contribution in [1.82, 2.24) is 24.2 Å². The van der Waals surface area contributed by atoms with Crippen molar-refractivity contribution in [2.75, 3.05) is 11.9 Å². The number of rotatable bonds is 3. The number of hydrogen-bond donors (Lipinski definition) is 1. The number of halogens is 1. The Morgan fingerprint density at radius 1 is 1.00 bits per heavy atom. The van der Waals surface area contributed by atoms with Crippen LogP contribution < -0.4 is 15.9 Å². The van der Waals surface area contributed by atoms with Crippen LogP contribution in [0, 0.1) is 19.7 Å². The lowest BCUT2D eigenvalue weighted by Gasteiger charge is -2.35. The zero-order chi connectivity index (χ0) is 27.5. The number of hydrogen-bond acceptors (Lipinski definition) is 4. The average Bonchev–Trinajstić information content (AvgIpc) is 3.49. The van der Waals surface area contributed by atoms with Gasteiger partial charge in [-0.2, -0.15) is 5.10 Å². The van der Waals surface area contributed by atoms with Gasteiger partial charge in [0.05, 0.1) is 22.5 Å². The normalized spacial score (nSPS) is 22.1. The summed E-state index contributed by atoms with van der Waals surface area (Å²) in [7, 11) is 1.82. The molecule has 1 spiro atoms. The number of amides is 1. The molecule has 0 radical (unpaired) electrons. The molecule has 1 amide bonds. The minimum absolute atomic E-state index is 0.111. The fourth-order valence-electron chi connectivity index (χ4n) is 7.31. The lowest BCUT2D eigenvalue weighted by molar-refractivity contribution is -0.119. The standard InChI is InChI=1S/C31H31FN6O2/c1-17-13-21(14-18(2)27(17)32)38-28(26-23-6-4-5-19(33-23)15-24(26)34-38)37-12-11-36(30(37)40)20-7-8-25-22(16-20)31(9-10-31)29(39)35(25)3/h7-8,11-14,16,19,23,33H,4-6,9-10,15H2,1-3H3/t19-,23+/m1/s1. The zero-order valence-electron chi connectivity index (χ0n) is 22.9. The van der Waals surface area contributed by atoms with Crippen LogP contribution in [0.15, 0.2) is 47.5 Å². The van der Waals surface area contributed by atoms with Gasteiger partial charge in [0.1, 0.15) is 11.6 Å². The summed E-state index contributed by atoms with van der Waals surface area (Å²) in [6.07, 6.45) is 9.30. The molecule has 8 nitrogen and oxygen atoms in total. The first-order valence-electron chi connectivity index (χ1n) is 14.2. The van der Waals surface area contributed by atoms with Crippen LogP contribution >= 0.6 is 0 Å². The van der Waals surface area contributed by atoms with Gasteiger partial charge < -0.3 is 10.2 Å². The number of benzene rings is 2. The average molecular weight is 539 g/mol. The van der Waals surface area contributed by atoms with E-state index in [0.717, 1.165) is 72.4 Å². The maximum absolute atomic E-state index is 14.6. The SMILES string of the molecule is Cc1cc(-n2nc3c(c2-n2ccn(-c4ccc5c(c4)C4(CC4)C(=O)N5C)c2=O)[C@@H]2CCC[C@H](C3)N2)cc(C)c1F. The van der Waals surface area contributed by atoms with Gasteiger partial charge in [-0.1, -0.05) is 0 Å². The summed E-state index contributed by atoms with van der Waals surface area (Å²) in [6.45, 7) is 3.52. The maximum atomic E-state index is 14.6. The van der Waals surface area contributed by atoms with E-state index < -0.39 is 5.41 Å². The second-order valence-electron chi connectivity index (χ2n) is 12.0. The third-order valence-electron chi connectivity index (χ3n) is 9.51. The Morgan fingerprint density at radius 3 is 2.50 bits per heavy atom. The molecule has 1 N–H and O–H groups in total. The number of anilines is 1. The molecule has 4 aliphatic rings. The third kappa shape index (κ3) is 3.12. The van der Waals surface area contributed by atoms with E-state index in [0.29, 0.717) is 23.0 Å². The van der Waals surface area contributed by atoms with Crippen LogP contribution in [0.1, 0.15) is 66.1 Å². The summed E-state index contributed by atoms with van der Waals surface area (Å²) in [5.74, 6) is 0.622. The number of aryl methyl sites for hydroxylation is 2. The summed E-state index contributed by atoms with van der Waals surface area (Å²) in [6, 6.07) is 9.94. The molecule has 2 aromatic heterocycles. The highest BCUT2D eigenvalue weighted by atomic mass is 19.1. The number of nitrogens with zero attached hydrogens (tertiary/aromatic N) is 5. The van der Waals surface area contributed by atoms with Crippen molar-refractivity contribution in [3.63, 3.8) is 0 Å². The van der Waals surface area contributed by atoms with Crippen LogP contribution in [0.2, 0.25) is 0 Å². The van der Waals surface area contributed by atoms with E-state index in [1.807, 2.05) is 29.9 Å². The molecule has 2 bridgehead atoms. The van der Waals surface area contributed by atoms with E-state index in [9.17, 15) is 14.0 Å². The number of imidazole rings is 1. The van der Waals surface area contributed by atoms with Crippen molar-refractivity contribution in [3.05, 3.63) is 87.0 Å². The first kappa shape index (κ1) is 23.9. The highest BCUT2D eigenvalue weighted by Crippen LogP contribution is 2.57. The molecule has 4 aromatic rings. The van der Waals surface area contributed by atoms with Crippen molar-refractivity contribution in [2.45, 2.75) is 69.9 Å². The van der Waals surface area contributed by atoms with Gasteiger partial charge in [-0.3, -0.25) is 13.9 Å². The monoisotopic (exact) mass is 538 g/mol. The van der Waals surface area contributed by atoms with Gasteiger partial charge in [0.2, 0.25) is 5.91 Å². The van der Waals surface area contributed by atoms with Crippen LogP contribution in [0.25, 0.3) is 17.2 Å². The van der Waals surface area contributed by atoms with Crippen LogP contribution in [0.3, 0.4) is 0 Å². The smallest absolute Gasteiger partial charge is 0.314 e. The van der Waals surface area contributed by atoms with E-state index in [2.05, 4.69) is 5.32 Å². The van der Waals surface area contributed by atoms with Gasteiger partial charge in [-0.05, 0) is 93.0 Å². The van der Waals surface area contributed by atoms with Crippen molar-refractivity contribution in [1.29, 1.82) is 0 Å². The van der Waals surface area contributed by atoms with Crippen molar-refractivity contribution < 1.29 is 9.18 Å². The molecule has 0 unspecified atom stereocenters. The quantitative estimate of drug-likeness (QED) is 0.422. The number of likely N-dealkylation sites (N-methyl/N-ethyl adjacent to an activating group) is 1. The van der Waals surface area contributed by atoms with E-state index in [1.54, 1.807) is 52.4 Å². The lowest BCUT2D eigenvalue weighted by Crippen LogP contribution is -2.43. The second kappa shape index (κ2) is 8.04. The fourth-order valence-corrected chi connectivity index (χ4v) is 7.31. The summed E-state index contributed by atoms with van der Waals surface area (Å²) in [5.41, 5.74) is 5.91. The highest BCUT2D eigenvalue weighted by Gasteiger charge is 2.58. The summed E-state index contributed by atoms with van der Waals surface area (Å²) >= 11 is 0. The number of nitrogens with one attached hydrogen (secondary N) is 1. The Morgan fingerprint density at radius 2 is 1.75 bits per heavy atom. The van der Waals surface area contributed by atoms with E-state index in [-0.39, 0.29) is 23.5 Å². The van der Waals surface area contributed by atoms with Crippen LogP contribution in [0.4, 0.5) is 10.1 Å². The number of fused-ring (bicyclic) bond motifs is 6. The van der Waals surface area contributed by atoms with Gasteiger partial charge in [0, 0.05) is 49.2 Å². The molecule has 2 aromatic carbocycles. The number of carbonyl (C=O) groups excluding carboxylic acids is 1. The molecular weight excluding hydrogens is 507 g/mol. The van der Waals surface area contributed by atoms with E-state index in [4.69, 9.17) is 5.10 Å². The van der Waals surface area contributed by atoms with Gasteiger partial charge in [0.15, 0.2) is 0 Å². The molecule has 204 valence electrons. The Hall–Kier alpha value is -3.98. The van der Waals surface area contributed by atoms with E-state index >= 15 is 0 Å². The molecule has 1 saturated heterocycles. The lowest BCUT2D eigenvalue weighted by atomic mass is 9.85. The van der Waals surface area contributed by atoms with Crippen LogP contribution in [-0.4, -0.2) is 37.9 Å². The summed E-state index contributed by atoms with van der Waals surface area (Å²) in [5, 5.41) is 8.80. The molecule has 8 rings (SSSR count). The predicted octanol–water partition coefficient (Wildman–Crippen LogP) is 4.32. The van der Waals surface area contributed by atoms with Crippen LogP contribution in [0.5, 0.6) is 0 Å². The Bertz CT molecular complexity index is 1790. The molecule has 3 aliphatic heterocycles. The maximum Gasteiger partial charge on any atom is 0.338 e. The van der Waals surface area contributed by atoms with Crippen molar-refractivity contribution in [2.24, 2.45) is 0 Å². The Labute approximate surface area is 231 Å². The summed E-state index contributed by atoms with van der Waals surface area (Å²) in [4.78, 5) is 28.8. The summed E-state index contributed by atoms with van der Waals surface area (Å²) < 4.78 is 19.7. The minimum atomic E-state index is -0.425. The largest absolute Gasteiger partial charge is 0.338 e. The third-order valence-corrected chi connectivity index (χ3v) is 9.51. The molecular formula is C31H31FN6O2. The Kier molecular flexibility index (Phi) is 4.80. The number of carbonyl (C=O) groups is 1. The van der Waals surface area contributed by atoms with Crippen LogP contribution in [-0.2, 0) is 16.6 Å². The molecule has 40 heavy (non-hydrogen) atoms. The minimum Gasteiger partial charge on any atom is -0.314 e. The molecule has 2 fully saturated rings. The molecule has 5 heterocycles. The first-order chi connectivity index (χ1) is 19.3. The van der Waals surface area contributed by atoms with Gasteiger partial charge >= 0.3 is 5.69 Å². The van der Waals surface area contributed by atoms with Crippen molar-refractivity contribution in [3.8, 4) is 17.2 Å². The van der Waals surface area contributed by atoms with Gasteiger partial charge in [-0.25, -0.2) is 13.9 Å². The van der Waals surface area contributed by atoms with Gasteiger partial charge in [0.25, 0.3) is 0 Å².